The molecule has 0 bridgehead atoms. The summed E-state index contributed by atoms with van der Waals surface area (Å²) in [6.45, 7) is 2.90. The Hall–Kier alpha value is -1.39. The number of thiophene rings is 1. The fourth-order valence-electron chi connectivity index (χ4n) is 2.78. The van der Waals surface area contributed by atoms with Crippen molar-refractivity contribution in [3.63, 3.8) is 0 Å². The highest BCUT2D eigenvalue weighted by Gasteiger charge is 2.40. The predicted molar refractivity (Wildman–Crippen MR) is 109 cm³/mol. The Bertz CT molecular complexity index is 619. The second-order valence-corrected chi connectivity index (χ2v) is 7.72. The highest BCUT2D eigenvalue weighted by Crippen LogP contribution is 2.30. The summed E-state index contributed by atoms with van der Waals surface area (Å²) in [7, 11) is 0. The van der Waals surface area contributed by atoms with Crippen molar-refractivity contribution in [2.24, 2.45) is 5.73 Å². The van der Waals surface area contributed by atoms with Crippen LogP contribution in [0.5, 0.6) is 0 Å². The van der Waals surface area contributed by atoms with E-state index in [0.29, 0.717) is 5.56 Å². The molecule has 0 radical (unpaired) electrons. The molecule has 1 rings (SSSR count). The fraction of sp³-hybridized carbons (Fsp3) is 0.667. The lowest BCUT2D eigenvalue weighted by molar-refractivity contribution is -0.225. The van der Waals surface area contributed by atoms with E-state index >= 15 is 0 Å². The van der Waals surface area contributed by atoms with Crippen LogP contribution < -0.4 is 5.73 Å². The number of carbonyl (C=O) groups excluding carboxylic acids is 1. The molecule has 0 saturated heterocycles. The van der Waals surface area contributed by atoms with Gasteiger partial charge in [-0.3, -0.25) is 4.79 Å². The molecule has 0 aliphatic rings. The third-order valence-corrected chi connectivity index (χ3v) is 5.22. The van der Waals surface area contributed by atoms with Gasteiger partial charge >= 0.3 is 5.97 Å². The molecule has 0 aromatic carbocycles. The molecule has 4 N–H and O–H groups in total. The summed E-state index contributed by atoms with van der Waals surface area (Å²) in [6, 6.07) is 0.526. The van der Waals surface area contributed by atoms with Crippen LogP contribution in [0.1, 0.15) is 82.1 Å². The van der Waals surface area contributed by atoms with Gasteiger partial charge in [0.05, 0.1) is 17.5 Å². The molecule has 1 heterocycles. The minimum Gasteiger partial charge on any atom is -0.427 e. The second kappa shape index (κ2) is 12.9. The van der Waals surface area contributed by atoms with Crippen molar-refractivity contribution in [3.05, 3.63) is 21.9 Å². The van der Waals surface area contributed by atoms with Crippen LogP contribution >= 0.6 is 11.3 Å². The topological polar surface area (TPSA) is 92.8 Å². The van der Waals surface area contributed by atoms with E-state index in [0.717, 1.165) is 17.7 Å². The molecule has 0 saturated carbocycles. The largest absolute Gasteiger partial charge is 0.427 e. The number of aliphatic hydroxyl groups excluding tert-OH is 1. The van der Waals surface area contributed by atoms with Crippen molar-refractivity contribution < 1.29 is 19.7 Å². The van der Waals surface area contributed by atoms with E-state index in [1.54, 1.807) is 11.4 Å². The number of hydrogen-bond donors (Lipinski definition) is 3. The summed E-state index contributed by atoms with van der Waals surface area (Å²) < 4.78 is 4.99. The van der Waals surface area contributed by atoms with Crippen molar-refractivity contribution in [1.82, 2.24) is 0 Å². The second-order valence-electron chi connectivity index (χ2n) is 6.81. The first-order chi connectivity index (χ1) is 12.9. The maximum Gasteiger partial charge on any atom is 0.305 e. The van der Waals surface area contributed by atoms with Crippen LogP contribution in [0, 0.1) is 11.8 Å². The van der Waals surface area contributed by atoms with Crippen LogP contribution in [0.15, 0.2) is 11.4 Å². The number of unbranched alkanes of at least 4 members (excludes halogenated alkanes) is 8. The molecule has 0 aliphatic heterocycles. The summed E-state index contributed by atoms with van der Waals surface area (Å²) in [5.74, 6) is 3.51. The number of rotatable bonds is 12. The first-order valence-corrected chi connectivity index (χ1v) is 10.7. The van der Waals surface area contributed by atoms with E-state index in [1.807, 2.05) is 0 Å². The van der Waals surface area contributed by atoms with Crippen LogP contribution in [-0.4, -0.2) is 28.8 Å². The Kier molecular flexibility index (Phi) is 11.3. The van der Waals surface area contributed by atoms with Gasteiger partial charge in [-0.15, -0.1) is 11.3 Å². The SMILES string of the molecule is CCCCCCCCCCC#Cc1cc(C(O)(OC(C)=O)C(N)CO)cs1. The minimum absolute atomic E-state index is 0.334. The van der Waals surface area contributed by atoms with Gasteiger partial charge in [0, 0.05) is 24.3 Å². The number of ether oxygens (including phenoxy) is 1. The van der Waals surface area contributed by atoms with Crippen LogP contribution in [0.3, 0.4) is 0 Å². The monoisotopic (exact) mass is 395 g/mol. The summed E-state index contributed by atoms with van der Waals surface area (Å²) in [4.78, 5) is 12.1. The van der Waals surface area contributed by atoms with Gasteiger partial charge < -0.3 is 20.7 Å². The van der Waals surface area contributed by atoms with E-state index in [4.69, 9.17) is 10.5 Å². The molecule has 0 amide bonds. The number of nitrogens with two attached hydrogens (primary N) is 1. The summed E-state index contributed by atoms with van der Waals surface area (Å²) in [5.41, 5.74) is 6.07. The molecule has 1 aromatic rings. The van der Waals surface area contributed by atoms with E-state index < -0.39 is 24.4 Å². The lowest BCUT2D eigenvalue weighted by atomic mass is 10.0. The van der Waals surface area contributed by atoms with Gasteiger partial charge in [0.25, 0.3) is 5.79 Å². The lowest BCUT2D eigenvalue weighted by Gasteiger charge is -2.31. The predicted octanol–water partition coefficient (Wildman–Crippen LogP) is 3.66. The number of aliphatic hydroxyl groups is 2. The molecule has 0 aliphatic carbocycles. The molecule has 1 aromatic heterocycles. The molecule has 2 atom stereocenters. The first kappa shape index (κ1) is 23.6. The normalized spacial score (nSPS) is 14.1. The van der Waals surface area contributed by atoms with Crippen molar-refractivity contribution >= 4 is 17.3 Å². The Balaban J connectivity index is 2.48. The van der Waals surface area contributed by atoms with E-state index in [1.165, 1.54) is 63.2 Å². The smallest absolute Gasteiger partial charge is 0.305 e. The zero-order valence-corrected chi connectivity index (χ0v) is 17.3. The van der Waals surface area contributed by atoms with Gasteiger partial charge in [0.15, 0.2) is 0 Å². The number of carbonyl (C=O) groups is 1. The third-order valence-electron chi connectivity index (χ3n) is 4.38. The Morgan fingerprint density at radius 1 is 1.26 bits per heavy atom. The van der Waals surface area contributed by atoms with Gasteiger partial charge in [0.1, 0.15) is 0 Å². The highest BCUT2D eigenvalue weighted by molar-refractivity contribution is 7.10. The molecular formula is C21H33NO4S. The van der Waals surface area contributed by atoms with Gasteiger partial charge in [-0.1, -0.05) is 63.7 Å². The van der Waals surface area contributed by atoms with Crippen LogP contribution in [-0.2, 0) is 15.3 Å². The third kappa shape index (κ3) is 8.44. The maximum atomic E-state index is 11.3. The number of esters is 1. The average molecular weight is 396 g/mol. The standard InChI is InChI=1S/C21H33NO4S/c1-3-4-5-6-7-8-9-10-11-12-13-19-14-18(16-27-19)21(25,20(22)15-23)26-17(2)24/h14,16,20,23,25H,3-11,15,22H2,1-2H3. The van der Waals surface area contributed by atoms with Gasteiger partial charge in [-0.2, -0.15) is 0 Å². The van der Waals surface area contributed by atoms with E-state index in [-0.39, 0.29) is 0 Å². The molecule has 2 unspecified atom stereocenters. The molecule has 0 spiro atoms. The fourth-order valence-corrected chi connectivity index (χ4v) is 3.59. The van der Waals surface area contributed by atoms with Gasteiger partial charge in [-0.05, 0) is 12.5 Å². The van der Waals surface area contributed by atoms with Crippen LogP contribution in [0.25, 0.3) is 0 Å². The summed E-state index contributed by atoms with van der Waals surface area (Å²) in [6.07, 6.45) is 11.0. The molecule has 0 fully saturated rings. The Morgan fingerprint density at radius 3 is 2.48 bits per heavy atom. The molecule has 152 valence electrons. The highest BCUT2D eigenvalue weighted by atomic mass is 32.1. The first-order valence-electron chi connectivity index (χ1n) is 9.80. The Labute approximate surface area is 166 Å². The number of hydrogen-bond acceptors (Lipinski definition) is 6. The minimum atomic E-state index is -2.05. The van der Waals surface area contributed by atoms with Crippen LogP contribution in [0.2, 0.25) is 0 Å². The lowest BCUT2D eigenvalue weighted by Crippen LogP contribution is -2.50. The van der Waals surface area contributed by atoms with Crippen molar-refractivity contribution in [2.75, 3.05) is 6.61 Å². The van der Waals surface area contributed by atoms with Crippen molar-refractivity contribution in [3.8, 4) is 11.8 Å². The van der Waals surface area contributed by atoms with Gasteiger partial charge in [-0.25, -0.2) is 0 Å². The van der Waals surface area contributed by atoms with Gasteiger partial charge in [0.2, 0.25) is 0 Å². The van der Waals surface area contributed by atoms with Crippen molar-refractivity contribution in [1.29, 1.82) is 0 Å². The van der Waals surface area contributed by atoms with E-state index in [2.05, 4.69) is 18.8 Å². The average Bonchev–Trinajstić information content (AvgIpc) is 3.11. The zero-order chi connectivity index (χ0) is 20.1. The summed E-state index contributed by atoms with van der Waals surface area (Å²) in [5, 5.41) is 21.5. The molecule has 27 heavy (non-hydrogen) atoms. The molecule has 6 heteroatoms. The summed E-state index contributed by atoms with van der Waals surface area (Å²) >= 11 is 1.35. The quantitative estimate of drug-likeness (QED) is 0.217. The Morgan fingerprint density at radius 2 is 1.89 bits per heavy atom. The van der Waals surface area contributed by atoms with Crippen molar-refractivity contribution in [2.45, 2.75) is 83.5 Å². The van der Waals surface area contributed by atoms with Crippen LogP contribution in [0.4, 0.5) is 0 Å². The molecular weight excluding hydrogens is 362 g/mol. The zero-order valence-electron chi connectivity index (χ0n) is 16.5. The molecule has 5 nitrogen and oxygen atoms in total. The van der Waals surface area contributed by atoms with E-state index in [9.17, 15) is 15.0 Å². The maximum absolute atomic E-state index is 11.3.